The van der Waals surface area contributed by atoms with E-state index in [2.05, 4.69) is 6.92 Å². The van der Waals surface area contributed by atoms with Gasteiger partial charge in [0.05, 0.1) is 5.60 Å². The zero-order valence-electron chi connectivity index (χ0n) is 15.8. The maximum absolute atomic E-state index is 9.64. The molecule has 144 valence electrons. The molecule has 0 fully saturated rings. The van der Waals surface area contributed by atoms with E-state index >= 15 is 0 Å². The van der Waals surface area contributed by atoms with Gasteiger partial charge in [-0.05, 0) is 30.7 Å². The fourth-order valence-corrected chi connectivity index (χ4v) is 4.46. The second-order valence-corrected chi connectivity index (χ2v) is 9.70. The summed E-state index contributed by atoms with van der Waals surface area (Å²) in [5, 5.41) is 0. The molecule has 0 bridgehead atoms. The first-order valence-electron chi connectivity index (χ1n) is 9.69. The van der Waals surface area contributed by atoms with Crippen molar-refractivity contribution >= 4 is 18.5 Å². The van der Waals surface area contributed by atoms with Crippen LogP contribution in [0.1, 0.15) is 90.0 Å². The Bertz CT molecular complexity index is 503. The van der Waals surface area contributed by atoms with Crippen molar-refractivity contribution in [3.63, 3.8) is 0 Å². The second-order valence-electron chi connectivity index (χ2n) is 7.11. The molecule has 0 saturated carbocycles. The fraction of sp³-hybridized carbons (Fsp3) is 0.700. The van der Waals surface area contributed by atoms with Crippen molar-refractivity contribution in [2.75, 3.05) is 0 Å². The van der Waals surface area contributed by atoms with E-state index in [-0.39, 0.29) is 0 Å². The van der Waals surface area contributed by atoms with E-state index in [9.17, 15) is 9.79 Å². The van der Waals surface area contributed by atoms with E-state index in [4.69, 9.17) is 16.3 Å². The molecule has 5 heteroatoms. The molecule has 25 heavy (non-hydrogen) atoms. The van der Waals surface area contributed by atoms with E-state index < -0.39 is 12.3 Å². The van der Waals surface area contributed by atoms with Gasteiger partial charge in [-0.2, -0.15) is 0 Å². The molecule has 1 aromatic carbocycles. The van der Waals surface area contributed by atoms with Crippen LogP contribution in [0.4, 0.5) is 0 Å². The molecule has 0 aromatic heterocycles. The third-order valence-electron chi connectivity index (χ3n) is 4.71. The van der Waals surface area contributed by atoms with E-state index in [0.29, 0.717) is 0 Å². The minimum absolute atomic E-state index is 0.736. The lowest BCUT2D eigenvalue weighted by Crippen LogP contribution is -2.24. The van der Waals surface area contributed by atoms with Crippen LogP contribution in [0.3, 0.4) is 0 Å². The van der Waals surface area contributed by atoms with Gasteiger partial charge in [-0.1, -0.05) is 101 Å². The van der Waals surface area contributed by atoms with Gasteiger partial charge in [0.1, 0.15) is 0 Å². The molecule has 1 atom stereocenters. The van der Waals surface area contributed by atoms with Crippen LogP contribution in [-0.4, -0.2) is 9.79 Å². The molecule has 0 radical (unpaired) electrons. The Hall–Kier alpha value is -0.250. The Kier molecular flexibility index (Phi) is 11.1. The largest absolute Gasteiger partial charge is 0.325 e. The number of unbranched alkanes of at least 4 members (excludes halogenated alkanes) is 9. The minimum Gasteiger partial charge on any atom is -0.325 e. The van der Waals surface area contributed by atoms with Crippen LogP contribution in [0.2, 0.25) is 0 Å². The number of hydrogen-bond acceptors (Lipinski definition) is 2. The highest BCUT2D eigenvalue weighted by molar-refractivity contribution is 8.06. The van der Waals surface area contributed by atoms with Gasteiger partial charge in [0.2, 0.25) is 0 Å². The summed E-state index contributed by atoms with van der Waals surface area (Å²) in [6.07, 6.45) is 13.5. The lowest BCUT2D eigenvalue weighted by Gasteiger charge is -2.32. The zero-order chi connectivity index (χ0) is 18.6. The number of hydrogen-bond donors (Lipinski definition) is 2. The van der Waals surface area contributed by atoms with Gasteiger partial charge in [0, 0.05) is 0 Å². The average Bonchev–Trinajstić information content (AvgIpc) is 2.56. The van der Waals surface area contributed by atoms with Crippen LogP contribution in [-0.2, 0) is 21.9 Å². The Morgan fingerprint density at radius 2 is 1.36 bits per heavy atom. The number of rotatable bonds is 14. The summed E-state index contributed by atoms with van der Waals surface area (Å²) < 4.78 is 5.53. The summed E-state index contributed by atoms with van der Waals surface area (Å²) in [6.45, 7) is 0.456. The maximum atomic E-state index is 9.64. The predicted octanol–water partition coefficient (Wildman–Crippen LogP) is 6.44. The normalized spacial score (nSPS) is 14.4. The first-order valence-corrected chi connectivity index (χ1v) is 12.3. The van der Waals surface area contributed by atoms with E-state index in [1.807, 2.05) is 37.3 Å². The summed E-state index contributed by atoms with van der Waals surface area (Å²) in [5.74, 6) is 0. The van der Waals surface area contributed by atoms with Gasteiger partial charge in [-0.15, -0.1) is 0 Å². The van der Waals surface area contributed by atoms with Crippen LogP contribution in [0.5, 0.6) is 0 Å². The third-order valence-corrected chi connectivity index (χ3v) is 5.58. The van der Waals surface area contributed by atoms with Crippen LogP contribution < -0.4 is 0 Å². The van der Waals surface area contributed by atoms with Gasteiger partial charge < -0.3 is 9.79 Å². The highest BCUT2D eigenvalue weighted by Crippen LogP contribution is 2.47. The summed E-state index contributed by atoms with van der Waals surface area (Å²) in [4.78, 5) is 19.3. The second kappa shape index (κ2) is 12.2. The van der Waals surface area contributed by atoms with E-state index in [0.717, 1.165) is 24.8 Å². The van der Waals surface area contributed by atoms with Crippen LogP contribution in [0, 0.1) is 0 Å². The lowest BCUT2D eigenvalue weighted by molar-refractivity contribution is 0.0566. The molecule has 1 aromatic rings. The first-order chi connectivity index (χ1) is 11.9. The zero-order valence-corrected chi connectivity index (χ0v) is 17.5. The maximum Gasteiger partial charge on any atom is 0.322 e. The molecule has 0 saturated heterocycles. The van der Waals surface area contributed by atoms with Crippen molar-refractivity contribution in [1.29, 1.82) is 0 Å². The van der Waals surface area contributed by atoms with Crippen molar-refractivity contribution in [3.8, 4) is 0 Å². The molecule has 0 aliphatic carbocycles. The smallest absolute Gasteiger partial charge is 0.322 e. The molecule has 0 aliphatic heterocycles. The van der Waals surface area contributed by atoms with Gasteiger partial charge in [0.15, 0.2) is 0 Å². The Morgan fingerprint density at radius 3 is 1.84 bits per heavy atom. The molecular weight excluding hydrogens is 351 g/mol. The van der Waals surface area contributed by atoms with E-state index in [1.165, 1.54) is 51.4 Å². The molecule has 1 rings (SSSR count). The molecule has 0 aliphatic rings. The molecule has 1 unspecified atom stereocenters. The summed E-state index contributed by atoms with van der Waals surface area (Å²) in [7, 11) is 0. The molecule has 0 spiro atoms. The standard InChI is InChI=1S/C20H35O3PS/c1-3-4-5-6-7-8-9-10-11-15-18-20(2,23-24(21,22)25)19-16-13-12-14-17-19/h12-14,16-17H,3-11,15,18H2,1-2H3,(H2,21,22,25). The van der Waals surface area contributed by atoms with Crippen LogP contribution >= 0.6 is 6.72 Å². The average molecular weight is 387 g/mol. The summed E-state index contributed by atoms with van der Waals surface area (Å²) >= 11 is 4.71. The quantitative estimate of drug-likeness (QED) is 0.285. The van der Waals surface area contributed by atoms with Gasteiger partial charge in [-0.25, -0.2) is 0 Å². The minimum atomic E-state index is -3.70. The monoisotopic (exact) mass is 386 g/mol. The Balaban J connectivity index is 2.33. The Labute approximate surface area is 159 Å². The first kappa shape index (κ1) is 22.8. The van der Waals surface area contributed by atoms with Crippen molar-refractivity contribution in [2.24, 2.45) is 0 Å². The van der Waals surface area contributed by atoms with Crippen LogP contribution in [0.25, 0.3) is 0 Å². The van der Waals surface area contributed by atoms with Crippen LogP contribution in [0.15, 0.2) is 30.3 Å². The van der Waals surface area contributed by atoms with Gasteiger partial charge in [-0.3, -0.25) is 4.52 Å². The summed E-state index contributed by atoms with van der Waals surface area (Å²) in [6, 6.07) is 9.74. The summed E-state index contributed by atoms with van der Waals surface area (Å²) in [5.41, 5.74) is 0.212. The molecular formula is C20H35O3PS. The highest BCUT2D eigenvalue weighted by Gasteiger charge is 2.32. The van der Waals surface area contributed by atoms with Crippen molar-refractivity contribution in [1.82, 2.24) is 0 Å². The number of benzene rings is 1. The Morgan fingerprint density at radius 1 is 0.880 bits per heavy atom. The third kappa shape index (κ3) is 10.5. The van der Waals surface area contributed by atoms with Crippen molar-refractivity contribution in [2.45, 2.75) is 90.1 Å². The topological polar surface area (TPSA) is 49.7 Å². The molecule has 3 nitrogen and oxygen atoms in total. The lowest BCUT2D eigenvalue weighted by atomic mass is 9.90. The molecule has 2 N–H and O–H groups in total. The van der Waals surface area contributed by atoms with E-state index in [1.54, 1.807) is 0 Å². The molecule has 0 heterocycles. The van der Waals surface area contributed by atoms with Crippen molar-refractivity contribution in [3.05, 3.63) is 35.9 Å². The SMILES string of the molecule is CCCCCCCCCCCCC(C)(OP(O)(O)=S)c1ccccc1. The van der Waals surface area contributed by atoms with Gasteiger partial charge >= 0.3 is 6.72 Å². The van der Waals surface area contributed by atoms with Crippen molar-refractivity contribution < 1.29 is 14.3 Å². The highest BCUT2D eigenvalue weighted by atomic mass is 32.5. The van der Waals surface area contributed by atoms with Gasteiger partial charge in [0.25, 0.3) is 0 Å². The predicted molar refractivity (Wildman–Crippen MR) is 110 cm³/mol. The fourth-order valence-electron chi connectivity index (χ4n) is 3.25. The molecule has 0 amide bonds.